The minimum atomic E-state index is 0.711. The summed E-state index contributed by atoms with van der Waals surface area (Å²) in [4.78, 5) is 0. The lowest BCUT2D eigenvalue weighted by Crippen LogP contribution is -2.31. The van der Waals surface area contributed by atoms with Crippen molar-refractivity contribution in [3.8, 4) is 0 Å². The van der Waals surface area contributed by atoms with Crippen LogP contribution in [0.25, 0.3) is 0 Å². The first-order valence-electron chi connectivity index (χ1n) is 6.15. The van der Waals surface area contributed by atoms with Gasteiger partial charge in [0.25, 0.3) is 0 Å². The lowest BCUT2D eigenvalue weighted by Gasteiger charge is -2.17. The average molecular weight is 233 g/mol. The lowest BCUT2D eigenvalue weighted by molar-refractivity contribution is 0.200. The Hall–Kier alpha value is 0.270. The van der Waals surface area contributed by atoms with Crippen molar-refractivity contribution >= 4 is 11.8 Å². The van der Waals surface area contributed by atoms with E-state index in [1.165, 1.54) is 37.2 Å². The summed E-state index contributed by atoms with van der Waals surface area (Å²) in [5, 5.41) is 3.61. The molecular weight excluding hydrogens is 206 g/mol. The van der Waals surface area contributed by atoms with E-state index in [9.17, 15) is 0 Å². The fourth-order valence-electron chi connectivity index (χ4n) is 1.47. The molecule has 0 aliphatic rings. The number of thioether (sulfide) groups is 1. The van der Waals surface area contributed by atoms with E-state index >= 15 is 0 Å². The summed E-state index contributed by atoms with van der Waals surface area (Å²) < 4.78 is 5.03. The van der Waals surface area contributed by atoms with Crippen molar-refractivity contribution in [2.24, 2.45) is 0 Å². The summed E-state index contributed by atoms with van der Waals surface area (Å²) in [5.74, 6) is 2.47. The van der Waals surface area contributed by atoms with E-state index in [4.69, 9.17) is 4.74 Å². The molecule has 1 N–H and O–H groups in total. The molecule has 0 saturated heterocycles. The Bertz CT molecular complexity index is 122. The highest BCUT2D eigenvalue weighted by molar-refractivity contribution is 7.99. The first kappa shape index (κ1) is 15.3. The summed E-state index contributed by atoms with van der Waals surface area (Å²) >= 11 is 2.05. The van der Waals surface area contributed by atoms with Crippen molar-refractivity contribution in [2.45, 2.75) is 45.6 Å². The number of nitrogens with one attached hydrogen (secondary N) is 1. The van der Waals surface area contributed by atoms with Crippen molar-refractivity contribution in [1.82, 2.24) is 5.32 Å². The third kappa shape index (κ3) is 10.6. The van der Waals surface area contributed by atoms with Crippen LogP contribution in [0.15, 0.2) is 0 Å². The maximum Gasteiger partial charge on any atom is 0.0470 e. The number of ether oxygens (including phenoxy) is 1. The van der Waals surface area contributed by atoms with Crippen molar-refractivity contribution in [3.05, 3.63) is 0 Å². The summed E-state index contributed by atoms with van der Waals surface area (Å²) in [7, 11) is 1.77. The first-order valence-corrected chi connectivity index (χ1v) is 7.30. The van der Waals surface area contributed by atoms with Crippen LogP contribution in [-0.2, 0) is 4.74 Å². The third-order valence-electron chi connectivity index (χ3n) is 2.28. The van der Waals surface area contributed by atoms with Gasteiger partial charge in [-0.05, 0) is 31.6 Å². The molecule has 0 aromatic carbocycles. The van der Waals surface area contributed by atoms with E-state index in [0.717, 1.165) is 13.2 Å². The quantitative estimate of drug-likeness (QED) is 0.554. The second-order valence-electron chi connectivity index (χ2n) is 3.86. The number of hydrogen-bond donors (Lipinski definition) is 1. The molecule has 3 heteroatoms. The topological polar surface area (TPSA) is 21.3 Å². The first-order chi connectivity index (χ1) is 7.35. The molecule has 0 aromatic rings. The molecule has 0 aromatic heterocycles. The SMILES string of the molecule is CCCNC(CCC)CSCCCOC. The minimum absolute atomic E-state index is 0.711. The zero-order chi connectivity index (χ0) is 11.4. The predicted octanol–water partition coefficient (Wildman–Crippen LogP) is 2.92. The maximum absolute atomic E-state index is 5.03. The maximum atomic E-state index is 5.03. The van der Waals surface area contributed by atoms with Crippen molar-refractivity contribution in [1.29, 1.82) is 0 Å². The molecule has 0 rings (SSSR count). The van der Waals surface area contributed by atoms with Gasteiger partial charge >= 0.3 is 0 Å². The second-order valence-corrected chi connectivity index (χ2v) is 5.01. The van der Waals surface area contributed by atoms with E-state index < -0.39 is 0 Å². The molecule has 0 aliphatic heterocycles. The van der Waals surface area contributed by atoms with Crippen LogP contribution < -0.4 is 5.32 Å². The third-order valence-corrected chi connectivity index (χ3v) is 3.49. The summed E-state index contributed by atoms with van der Waals surface area (Å²) in [6.07, 6.45) is 4.99. The molecule has 92 valence electrons. The molecule has 15 heavy (non-hydrogen) atoms. The van der Waals surface area contributed by atoms with E-state index in [0.29, 0.717) is 6.04 Å². The van der Waals surface area contributed by atoms with Gasteiger partial charge in [0.05, 0.1) is 0 Å². The smallest absolute Gasteiger partial charge is 0.0470 e. The molecule has 0 radical (unpaired) electrons. The number of methoxy groups -OCH3 is 1. The van der Waals surface area contributed by atoms with E-state index in [1.54, 1.807) is 7.11 Å². The van der Waals surface area contributed by atoms with Crippen LogP contribution in [0.5, 0.6) is 0 Å². The molecule has 0 bridgehead atoms. The van der Waals surface area contributed by atoms with E-state index in [1.807, 2.05) is 11.8 Å². The largest absolute Gasteiger partial charge is 0.385 e. The molecular formula is C12H27NOS. The Kier molecular flexibility index (Phi) is 12.6. The van der Waals surface area contributed by atoms with Gasteiger partial charge in [0.15, 0.2) is 0 Å². The Balaban J connectivity index is 3.38. The molecule has 0 amide bonds. The standard InChI is InChI=1S/C12H27NOS/c1-4-7-12(13-8-5-2)11-15-10-6-9-14-3/h12-13H,4-11H2,1-3H3. The van der Waals surface area contributed by atoms with Crippen LogP contribution in [0.1, 0.15) is 39.5 Å². The van der Waals surface area contributed by atoms with Crippen molar-refractivity contribution in [3.63, 3.8) is 0 Å². The Morgan fingerprint density at radius 2 is 2.07 bits per heavy atom. The van der Waals surface area contributed by atoms with Gasteiger partial charge < -0.3 is 10.1 Å². The second kappa shape index (κ2) is 12.3. The number of hydrogen-bond acceptors (Lipinski definition) is 3. The van der Waals surface area contributed by atoms with Crippen LogP contribution in [0.4, 0.5) is 0 Å². The molecule has 2 nitrogen and oxygen atoms in total. The van der Waals surface area contributed by atoms with Gasteiger partial charge in [-0.15, -0.1) is 0 Å². The molecule has 0 spiro atoms. The van der Waals surface area contributed by atoms with Crippen LogP contribution in [0.3, 0.4) is 0 Å². The van der Waals surface area contributed by atoms with E-state index in [-0.39, 0.29) is 0 Å². The Morgan fingerprint density at radius 1 is 1.27 bits per heavy atom. The molecule has 0 heterocycles. The molecule has 0 aliphatic carbocycles. The predicted molar refractivity (Wildman–Crippen MR) is 70.8 cm³/mol. The van der Waals surface area contributed by atoms with E-state index in [2.05, 4.69) is 19.2 Å². The van der Waals surface area contributed by atoms with Crippen molar-refractivity contribution in [2.75, 3.05) is 31.8 Å². The molecule has 1 unspecified atom stereocenters. The zero-order valence-electron chi connectivity index (χ0n) is 10.6. The van der Waals surface area contributed by atoms with Gasteiger partial charge in [0.1, 0.15) is 0 Å². The summed E-state index contributed by atoms with van der Waals surface area (Å²) in [6.45, 7) is 6.54. The Labute approximate surface area is 99.5 Å². The van der Waals surface area contributed by atoms with Gasteiger partial charge in [-0.3, -0.25) is 0 Å². The highest BCUT2D eigenvalue weighted by Gasteiger charge is 2.05. The van der Waals surface area contributed by atoms with Gasteiger partial charge in [-0.2, -0.15) is 11.8 Å². The zero-order valence-corrected chi connectivity index (χ0v) is 11.4. The van der Waals surface area contributed by atoms with Crippen LogP contribution >= 0.6 is 11.8 Å². The summed E-state index contributed by atoms with van der Waals surface area (Å²) in [5.41, 5.74) is 0. The van der Waals surface area contributed by atoms with Gasteiger partial charge in [-0.25, -0.2) is 0 Å². The highest BCUT2D eigenvalue weighted by atomic mass is 32.2. The minimum Gasteiger partial charge on any atom is -0.385 e. The lowest BCUT2D eigenvalue weighted by atomic mass is 10.2. The fraction of sp³-hybridized carbons (Fsp3) is 1.00. The van der Waals surface area contributed by atoms with Crippen LogP contribution in [0.2, 0.25) is 0 Å². The van der Waals surface area contributed by atoms with Gasteiger partial charge in [0, 0.05) is 25.5 Å². The summed E-state index contributed by atoms with van der Waals surface area (Å²) in [6, 6.07) is 0.711. The van der Waals surface area contributed by atoms with Crippen LogP contribution in [-0.4, -0.2) is 37.8 Å². The average Bonchev–Trinajstić information content (AvgIpc) is 2.25. The Morgan fingerprint density at radius 3 is 2.67 bits per heavy atom. The fourth-order valence-corrected chi connectivity index (χ4v) is 2.53. The monoisotopic (exact) mass is 233 g/mol. The van der Waals surface area contributed by atoms with Gasteiger partial charge in [0.2, 0.25) is 0 Å². The molecule has 1 atom stereocenters. The van der Waals surface area contributed by atoms with Crippen molar-refractivity contribution < 1.29 is 4.74 Å². The van der Waals surface area contributed by atoms with Gasteiger partial charge in [-0.1, -0.05) is 20.3 Å². The molecule has 0 fully saturated rings. The molecule has 0 saturated carbocycles. The highest BCUT2D eigenvalue weighted by Crippen LogP contribution is 2.09. The normalized spacial score (nSPS) is 13.0. The number of rotatable bonds is 11. The van der Waals surface area contributed by atoms with Crippen LogP contribution in [0, 0.1) is 0 Å².